The number of hydrogen-bond donors (Lipinski definition) is 2. The molecule has 0 amide bonds. The standard InChI is InChI=1S/C20H26N4OS2/c1-15(25)16-5-7-17(8-6-16)22-20(26)21-14-18(19-4-3-13-27-19)24-11-9-23(2)10-12-24/h3-8,13,18H,9-12,14H2,1-2H3,(H2,21,22,26). The number of carbonyl (C=O) groups is 1. The van der Waals surface area contributed by atoms with Crippen LogP contribution in [0.3, 0.4) is 0 Å². The zero-order chi connectivity index (χ0) is 19.2. The molecule has 1 fully saturated rings. The van der Waals surface area contributed by atoms with Crippen LogP contribution in [0.25, 0.3) is 0 Å². The first-order valence-electron chi connectivity index (χ1n) is 9.15. The van der Waals surface area contributed by atoms with Gasteiger partial charge in [-0.15, -0.1) is 11.3 Å². The van der Waals surface area contributed by atoms with Crippen LogP contribution < -0.4 is 10.6 Å². The quantitative estimate of drug-likeness (QED) is 0.572. The molecule has 7 heteroatoms. The van der Waals surface area contributed by atoms with Crippen molar-refractivity contribution in [2.24, 2.45) is 0 Å². The molecular formula is C20H26N4OS2. The third-order valence-corrected chi connectivity index (χ3v) is 6.08. The Morgan fingerprint density at radius 1 is 1.19 bits per heavy atom. The van der Waals surface area contributed by atoms with Crippen LogP contribution in [0, 0.1) is 0 Å². The van der Waals surface area contributed by atoms with Crippen molar-refractivity contribution in [3.8, 4) is 0 Å². The van der Waals surface area contributed by atoms with Crippen molar-refractivity contribution in [2.75, 3.05) is 45.1 Å². The Labute approximate surface area is 170 Å². The Bertz CT molecular complexity index is 753. The molecule has 27 heavy (non-hydrogen) atoms. The Balaban J connectivity index is 1.58. The lowest BCUT2D eigenvalue weighted by atomic mass is 10.1. The highest BCUT2D eigenvalue weighted by molar-refractivity contribution is 7.80. The lowest BCUT2D eigenvalue weighted by molar-refractivity contribution is 0.101. The van der Waals surface area contributed by atoms with E-state index in [0.29, 0.717) is 16.7 Å². The number of rotatable bonds is 6. The maximum Gasteiger partial charge on any atom is 0.170 e. The predicted molar refractivity (Wildman–Crippen MR) is 117 cm³/mol. The van der Waals surface area contributed by atoms with E-state index in [-0.39, 0.29) is 5.78 Å². The molecule has 0 bridgehead atoms. The van der Waals surface area contributed by atoms with Gasteiger partial charge in [0.1, 0.15) is 0 Å². The summed E-state index contributed by atoms with van der Waals surface area (Å²) >= 11 is 7.27. The number of nitrogens with zero attached hydrogens (tertiary/aromatic N) is 2. The molecule has 2 heterocycles. The van der Waals surface area contributed by atoms with E-state index in [9.17, 15) is 4.79 Å². The summed E-state index contributed by atoms with van der Waals surface area (Å²) < 4.78 is 0. The van der Waals surface area contributed by atoms with Crippen LogP contribution in [-0.2, 0) is 0 Å². The summed E-state index contributed by atoms with van der Waals surface area (Å²) in [5.74, 6) is 0.0632. The topological polar surface area (TPSA) is 47.6 Å². The molecule has 2 aromatic rings. The summed E-state index contributed by atoms with van der Waals surface area (Å²) in [7, 11) is 2.17. The van der Waals surface area contributed by atoms with Crippen LogP contribution in [0.2, 0.25) is 0 Å². The van der Waals surface area contributed by atoms with Crippen molar-refractivity contribution in [3.05, 3.63) is 52.2 Å². The van der Waals surface area contributed by atoms with E-state index < -0.39 is 0 Å². The summed E-state index contributed by atoms with van der Waals surface area (Å²) in [6.07, 6.45) is 0. The summed E-state index contributed by atoms with van der Waals surface area (Å²) in [5.41, 5.74) is 1.58. The van der Waals surface area contributed by atoms with Crippen LogP contribution in [0.4, 0.5) is 5.69 Å². The summed E-state index contributed by atoms with van der Waals surface area (Å²) in [4.78, 5) is 17.6. The summed E-state index contributed by atoms with van der Waals surface area (Å²) in [5, 5.41) is 9.30. The van der Waals surface area contributed by atoms with E-state index >= 15 is 0 Å². The maximum absolute atomic E-state index is 11.4. The highest BCUT2D eigenvalue weighted by Gasteiger charge is 2.24. The molecule has 0 aliphatic carbocycles. The fourth-order valence-corrected chi connectivity index (χ4v) is 4.24. The van der Waals surface area contributed by atoms with Gasteiger partial charge in [-0.2, -0.15) is 0 Å². The minimum Gasteiger partial charge on any atom is -0.360 e. The highest BCUT2D eigenvalue weighted by Crippen LogP contribution is 2.25. The Kier molecular flexibility index (Phi) is 6.95. The van der Waals surface area contributed by atoms with Crippen molar-refractivity contribution in [1.29, 1.82) is 0 Å². The highest BCUT2D eigenvalue weighted by atomic mass is 32.1. The van der Waals surface area contributed by atoms with E-state index in [2.05, 4.69) is 45.0 Å². The molecule has 1 atom stereocenters. The molecular weight excluding hydrogens is 376 g/mol. The number of anilines is 1. The van der Waals surface area contributed by atoms with Crippen molar-refractivity contribution >= 4 is 40.1 Å². The predicted octanol–water partition coefficient (Wildman–Crippen LogP) is 3.23. The number of thiocarbonyl (C=S) groups is 1. The number of piperazine rings is 1. The van der Waals surface area contributed by atoms with Crippen molar-refractivity contribution in [1.82, 2.24) is 15.1 Å². The van der Waals surface area contributed by atoms with Crippen LogP contribution in [0.1, 0.15) is 28.2 Å². The number of carbonyl (C=O) groups excluding carboxylic acids is 1. The van der Waals surface area contributed by atoms with Gasteiger partial charge in [-0.25, -0.2) is 0 Å². The molecule has 1 aliphatic rings. The molecule has 1 aromatic carbocycles. The Morgan fingerprint density at radius 2 is 1.89 bits per heavy atom. The summed E-state index contributed by atoms with van der Waals surface area (Å²) in [6, 6.07) is 12.0. The van der Waals surface area contributed by atoms with Crippen LogP contribution in [0.5, 0.6) is 0 Å². The lowest BCUT2D eigenvalue weighted by Crippen LogP contribution is -2.48. The van der Waals surface area contributed by atoms with Crippen LogP contribution >= 0.6 is 23.6 Å². The monoisotopic (exact) mass is 402 g/mol. The maximum atomic E-state index is 11.4. The van der Waals surface area contributed by atoms with Crippen LogP contribution in [-0.4, -0.2) is 60.5 Å². The number of benzene rings is 1. The average molecular weight is 403 g/mol. The van der Waals surface area contributed by atoms with Gasteiger partial charge in [0, 0.05) is 48.9 Å². The van der Waals surface area contributed by atoms with Gasteiger partial charge in [-0.1, -0.05) is 6.07 Å². The van der Waals surface area contributed by atoms with Gasteiger partial charge in [0.25, 0.3) is 0 Å². The number of Topliss-reactive ketones (excluding diaryl/α,β-unsaturated/α-hetero) is 1. The SMILES string of the molecule is CC(=O)c1ccc(NC(=S)NCC(c2cccs2)N2CCN(C)CC2)cc1. The van der Waals surface area contributed by atoms with Gasteiger partial charge in [-0.3, -0.25) is 9.69 Å². The first-order chi connectivity index (χ1) is 13.0. The van der Waals surface area contributed by atoms with Crippen molar-refractivity contribution < 1.29 is 4.79 Å². The Morgan fingerprint density at radius 3 is 2.48 bits per heavy atom. The second-order valence-corrected chi connectivity index (χ2v) is 8.23. The third kappa shape index (κ3) is 5.59. The fraction of sp³-hybridized carbons (Fsp3) is 0.400. The Hall–Kier alpha value is -1.80. The first kappa shape index (κ1) is 19.9. The number of thiophene rings is 1. The van der Waals surface area contributed by atoms with E-state index in [1.54, 1.807) is 18.3 Å². The number of hydrogen-bond acceptors (Lipinski definition) is 5. The number of nitrogens with one attached hydrogen (secondary N) is 2. The largest absolute Gasteiger partial charge is 0.360 e. The zero-order valence-electron chi connectivity index (χ0n) is 15.8. The van der Waals surface area contributed by atoms with Gasteiger partial charge in [-0.05, 0) is 61.9 Å². The molecule has 1 unspecified atom stereocenters. The second kappa shape index (κ2) is 9.41. The zero-order valence-corrected chi connectivity index (χ0v) is 17.4. The molecule has 3 rings (SSSR count). The molecule has 2 N–H and O–H groups in total. The van der Waals surface area contributed by atoms with Gasteiger partial charge in [0.05, 0.1) is 6.04 Å². The van der Waals surface area contributed by atoms with Gasteiger partial charge < -0.3 is 15.5 Å². The van der Waals surface area contributed by atoms with E-state index in [1.165, 1.54) is 4.88 Å². The molecule has 1 aromatic heterocycles. The smallest absolute Gasteiger partial charge is 0.170 e. The molecule has 0 radical (unpaired) electrons. The fourth-order valence-electron chi connectivity index (χ4n) is 3.18. The van der Waals surface area contributed by atoms with E-state index in [0.717, 1.165) is 38.4 Å². The molecule has 0 spiro atoms. The average Bonchev–Trinajstić information content (AvgIpc) is 3.18. The number of ketones is 1. The third-order valence-electron chi connectivity index (χ3n) is 4.86. The second-order valence-electron chi connectivity index (χ2n) is 6.84. The summed E-state index contributed by atoms with van der Waals surface area (Å²) in [6.45, 7) is 6.64. The number of likely N-dealkylation sites (N-methyl/N-ethyl adjacent to an activating group) is 1. The normalized spacial score (nSPS) is 16.7. The molecule has 5 nitrogen and oxygen atoms in total. The molecule has 0 saturated carbocycles. The van der Waals surface area contributed by atoms with E-state index in [1.807, 2.05) is 24.3 Å². The van der Waals surface area contributed by atoms with Crippen molar-refractivity contribution in [2.45, 2.75) is 13.0 Å². The van der Waals surface area contributed by atoms with Crippen LogP contribution in [0.15, 0.2) is 41.8 Å². The first-order valence-corrected chi connectivity index (χ1v) is 10.4. The van der Waals surface area contributed by atoms with E-state index in [4.69, 9.17) is 12.2 Å². The molecule has 144 valence electrons. The van der Waals surface area contributed by atoms with Crippen molar-refractivity contribution in [3.63, 3.8) is 0 Å². The lowest BCUT2D eigenvalue weighted by Gasteiger charge is -2.37. The minimum absolute atomic E-state index is 0.0632. The van der Waals surface area contributed by atoms with Gasteiger partial charge in [0.2, 0.25) is 0 Å². The van der Waals surface area contributed by atoms with Gasteiger partial charge >= 0.3 is 0 Å². The minimum atomic E-state index is 0.0632. The van der Waals surface area contributed by atoms with Gasteiger partial charge in [0.15, 0.2) is 10.9 Å². The molecule has 1 saturated heterocycles. The molecule has 1 aliphatic heterocycles.